The summed E-state index contributed by atoms with van der Waals surface area (Å²) in [6.07, 6.45) is 5.10. The molecule has 0 aliphatic carbocycles. The number of rotatable bonds is 7. The van der Waals surface area contributed by atoms with E-state index in [-0.39, 0.29) is 19.0 Å². The molecule has 0 radical (unpaired) electrons. The Kier molecular flexibility index (Phi) is 6.08. The van der Waals surface area contributed by atoms with Crippen LogP contribution in [0.3, 0.4) is 0 Å². The van der Waals surface area contributed by atoms with E-state index >= 15 is 0 Å². The van der Waals surface area contributed by atoms with Gasteiger partial charge in [-0.1, -0.05) is 6.07 Å². The van der Waals surface area contributed by atoms with Crippen molar-refractivity contribution < 1.29 is 13.2 Å². The van der Waals surface area contributed by atoms with Crippen molar-refractivity contribution in [2.24, 2.45) is 0 Å². The van der Waals surface area contributed by atoms with Gasteiger partial charge in [-0.2, -0.15) is 4.31 Å². The zero-order valence-corrected chi connectivity index (χ0v) is 16.2. The molecule has 2 heterocycles. The van der Waals surface area contributed by atoms with E-state index in [0.29, 0.717) is 11.4 Å². The van der Waals surface area contributed by atoms with Crippen LogP contribution in [0.1, 0.15) is 18.5 Å². The molecule has 0 spiro atoms. The van der Waals surface area contributed by atoms with E-state index in [1.54, 1.807) is 24.4 Å². The number of nitrogens with zero attached hydrogens (tertiary/aromatic N) is 3. The summed E-state index contributed by atoms with van der Waals surface area (Å²) < 4.78 is 25.2. The quantitative estimate of drug-likeness (QED) is 0.785. The molecule has 1 aromatic heterocycles. The zero-order chi connectivity index (χ0) is 19.3. The van der Waals surface area contributed by atoms with Crippen LogP contribution >= 0.6 is 0 Å². The fourth-order valence-electron chi connectivity index (χ4n) is 3.05. The van der Waals surface area contributed by atoms with Crippen LogP contribution in [0.2, 0.25) is 0 Å². The smallest absolute Gasteiger partial charge is 0.239 e. The zero-order valence-electron chi connectivity index (χ0n) is 15.3. The Morgan fingerprint density at radius 3 is 2.44 bits per heavy atom. The summed E-state index contributed by atoms with van der Waals surface area (Å²) >= 11 is 0. The first-order valence-corrected chi connectivity index (χ1v) is 10.8. The second-order valence-corrected chi connectivity index (χ2v) is 8.62. The van der Waals surface area contributed by atoms with E-state index in [2.05, 4.69) is 15.2 Å². The molecule has 144 valence electrons. The summed E-state index contributed by atoms with van der Waals surface area (Å²) in [4.78, 5) is 18.8. The highest BCUT2D eigenvalue weighted by Gasteiger charge is 2.21. The molecule has 7 nitrogen and oxygen atoms in total. The molecule has 27 heavy (non-hydrogen) atoms. The highest BCUT2D eigenvalue weighted by Crippen LogP contribution is 2.22. The maximum Gasteiger partial charge on any atom is 0.239 e. The van der Waals surface area contributed by atoms with Crippen molar-refractivity contribution in [2.75, 3.05) is 36.1 Å². The fraction of sp³-hybridized carbons (Fsp3) is 0.368. The van der Waals surface area contributed by atoms with Gasteiger partial charge >= 0.3 is 0 Å². The van der Waals surface area contributed by atoms with E-state index in [1.807, 2.05) is 24.3 Å². The van der Waals surface area contributed by atoms with Crippen LogP contribution in [-0.2, 0) is 21.4 Å². The van der Waals surface area contributed by atoms with Gasteiger partial charge in [-0.3, -0.25) is 9.78 Å². The van der Waals surface area contributed by atoms with Gasteiger partial charge in [0.25, 0.3) is 0 Å². The lowest BCUT2D eigenvalue weighted by atomic mass is 10.2. The summed E-state index contributed by atoms with van der Waals surface area (Å²) in [5.41, 5.74) is 2.37. The maximum absolute atomic E-state index is 12.4. The third-order valence-electron chi connectivity index (χ3n) is 4.48. The van der Waals surface area contributed by atoms with Crippen molar-refractivity contribution in [1.29, 1.82) is 0 Å². The molecule has 1 saturated heterocycles. The highest BCUT2D eigenvalue weighted by atomic mass is 32.2. The van der Waals surface area contributed by atoms with Gasteiger partial charge in [0.1, 0.15) is 0 Å². The third kappa shape index (κ3) is 5.51. The molecule has 0 bridgehead atoms. The van der Waals surface area contributed by atoms with Gasteiger partial charge < -0.3 is 10.2 Å². The molecule has 1 aliphatic rings. The molecule has 1 fully saturated rings. The lowest BCUT2D eigenvalue weighted by Gasteiger charge is -2.20. The minimum absolute atomic E-state index is 0.0565. The van der Waals surface area contributed by atoms with Gasteiger partial charge in [-0.05, 0) is 49.2 Å². The Labute approximate surface area is 160 Å². The first-order valence-electron chi connectivity index (χ1n) is 8.92. The number of hydrogen-bond donors (Lipinski definition) is 1. The number of hydrogen-bond acceptors (Lipinski definition) is 5. The van der Waals surface area contributed by atoms with E-state index in [4.69, 9.17) is 0 Å². The second kappa shape index (κ2) is 8.49. The Bertz CT molecular complexity index is 864. The molecule has 1 aliphatic heterocycles. The van der Waals surface area contributed by atoms with Gasteiger partial charge in [0.05, 0.1) is 25.0 Å². The number of nitrogens with one attached hydrogen (secondary N) is 1. The highest BCUT2D eigenvalue weighted by molar-refractivity contribution is 7.88. The van der Waals surface area contributed by atoms with Crippen LogP contribution in [-0.4, -0.2) is 49.5 Å². The van der Waals surface area contributed by atoms with Gasteiger partial charge in [-0.15, -0.1) is 0 Å². The molecular weight excluding hydrogens is 364 g/mol. The van der Waals surface area contributed by atoms with Crippen molar-refractivity contribution in [1.82, 2.24) is 9.29 Å². The molecule has 2 aromatic rings. The van der Waals surface area contributed by atoms with Crippen molar-refractivity contribution in [3.8, 4) is 0 Å². The lowest BCUT2D eigenvalue weighted by Crippen LogP contribution is -2.37. The summed E-state index contributed by atoms with van der Waals surface area (Å²) in [6.45, 7) is 1.91. The second-order valence-electron chi connectivity index (χ2n) is 6.64. The standard InChI is InChI=1S/C19H24N4O3S/c1-27(25,26)23(14-17-6-2-3-11-20-17)15-19(24)21-16-7-9-18(10-8-16)22-12-4-5-13-22/h2-3,6-11H,4-5,12-15H2,1H3,(H,21,24). The predicted molar refractivity (Wildman–Crippen MR) is 106 cm³/mol. The third-order valence-corrected chi connectivity index (χ3v) is 5.67. The summed E-state index contributed by atoms with van der Waals surface area (Å²) in [6, 6.07) is 12.9. The minimum atomic E-state index is -3.54. The summed E-state index contributed by atoms with van der Waals surface area (Å²) in [5.74, 6) is -0.384. The van der Waals surface area contributed by atoms with Crippen molar-refractivity contribution in [3.63, 3.8) is 0 Å². The largest absolute Gasteiger partial charge is 0.372 e. The number of anilines is 2. The molecule has 1 N–H and O–H groups in total. The van der Waals surface area contributed by atoms with Gasteiger partial charge in [0, 0.05) is 30.7 Å². The van der Waals surface area contributed by atoms with E-state index in [9.17, 15) is 13.2 Å². The maximum atomic E-state index is 12.4. The molecule has 0 saturated carbocycles. The lowest BCUT2D eigenvalue weighted by molar-refractivity contribution is -0.116. The number of benzene rings is 1. The predicted octanol–water partition coefficient (Wildman–Crippen LogP) is 2.08. The monoisotopic (exact) mass is 388 g/mol. The minimum Gasteiger partial charge on any atom is -0.372 e. The number of carbonyl (C=O) groups is 1. The first kappa shape index (κ1) is 19.3. The number of carbonyl (C=O) groups excluding carboxylic acids is 1. The normalized spacial score (nSPS) is 14.5. The molecule has 8 heteroatoms. The molecule has 3 rings (SSSR count). The van der Waals surface area contributed by atoms with Crippen molar-refractivity contribution >= 4 is 27.3 Å². The van der Waals surface area contributed by atoms with Crippen LogP contribution in [0, 0.1) is 0 Å². The Morgan fingerprint density at radius 2 is 1.85 bits per heavy atom. The van der Waals surface area contributed by atoms with Crippen LogP contribution in [0.25, 0.3) is 0 Å². The average molecular weight is 388 g/mol. The summed E-state index contributed by atoms with van der Waals surface area (Å²) in [5, 5.41) is 2.76. The summed E-state index contributed by atoms with van der Waals surface area (Å²) in [7, 11) is -3.54. The molecule has 0 atom stereocenters. The van der Waals surface area contributed by atoms with Crippen LogP contribution in [0.4, 0.5) is 11.4 Å². The number of sulfonamides is 1. The van der Waals surface area contributed by atoms with Crippen LogP contribution in [0.5, 0.6) is 0 Å². The topological polar surface area (TPSA) is 82.6 Å². The van der Waals surface area contributed by atoms with Gasteiger partial charge in [-0.25, -0.2) is 8.42 Å². The van der Waals surface area contributed by atoms with Crippen molar-refractivity contribution in [2.45, 2.75) is 19.4 Å². The van der Waals surface area contributed by atoms with Crippen molar-refractivity contribution in [3.05, 3.63) is 54.4 Å². The Hall–Kier alpha value is -2.45. The molecule has 1 aromatic carbocycles. The molecular formula is C19H24N4O3S. The Balaban J connectivity index is 1.62. The van der Waals surface area contributed by atoms with E-state index < -0.39 is 10.0 Å². The first-order chi connectivity index (χ1) is 12.9. The SMILES string of the molecule is CS(=O)(=O)N(CC(=O)Nc1ccc(N2CCCC2)cc1)Cc1ccccn1. The van der Waals surface area contributed by atoms with E-state index in [1.165, 1.54) is 12.8 Å². The number of aromatic nitrogens is 1. The van der Waals surface area contributed by atoms with E-state index in [0.717, 1.165) is 29.3 Å². The van der Waals surface area contributed by atoms with Gasteiger partial charge in [0.15, 0.2) is 0 Å². The van der Waals surface area contributed by atoms with Crippen LogP contribution < -0.4 is 10.2 Å². The Morgan fingerprint density at radius 1 is 1.15 bits per heavy atom. The number of amides is 1. The van der Waals surface area contributed by atoms with Crippen LogP contribution in [0.15, 0.2) is 48.7 Å². The van der Waals surface area contributed by atoms with Gasteiger partial charge in [0.2, 0.25) is 15.9 Å². The molecule has 0 unspecified atom stereocenters. The molecule has 1 amide bonds. The fourth-order valence-corrected chi connectivity index (χ4v) is 3.77. The number of pyridine rings is 1. The average Bonchev–Trinajstić information content (AvgIpc) is 3.16.